The fraction of sp³-hybridized carbons (Fsp3) is 0.722. The number of hydrogen-bond donors (Lipinski definition) is 0. The van der Waals surface area contributed by atoms with E-state index in [4.69, 9.17) is 0 Å². The molecular formula is C18H28N4O. The van der Waals surface area contributed by atoms with Crippen LogP contribution in [-0.2, 0) is 0 Å². The number of carbonyl (C=O) groups is 1. The van der Waals surface area contributed by atoms with Gasteiger partial charge in [0.2, 0.25) is 0 Å². The quantitative estimate of drug-likeness (QED) is 0.856. The summed E-state index contributed by atoms with van der Waals surface area (Å²) < 4.78 is 0. The molecule has 2 heterocycles. The normalized spacial score (nSPS) is 23.1. The zero-order valence-electron chi connectivity index (χ0n) is 14.5. The Balaban J connectivity index is 1.72. The molecule has 0 radical (unpaired) electrons. The summed E-state index contributed by atoms with van der Waals surface area (Å²) in [7, 11) is 0. The molecular weight excluding hydrogens is 288 g/mol. The number of aromatic nitrogens is 2. The molecule has 1 saturated carbocycles. The van der Waals surface area contributed by atoms with E-state index in [1.807, 2.05) is 11.8 Å². The topological polar surface area (TPSA) is 49.3 Å². The second kappa shape index (κ2) is 6.95. The van der Waals surface area contributed by atoms with Crippen molar-refractivity contribution in [3.63, 3.8) is 0 Å². The van der Waals surface area contributed by atoms with Gasteiger partial charge in [0.1, 0.15) is 5.69 Å². The molecule has 1 aromatic rings. The van der Waals surface area contributed by atoms with Crippen LogP contribution in [0.25, 0.3) is 0 Å². The zero-order valence-corrected chi connectivity index (χ0v) is 14.5. The van der Waals surface area contributed by atoms with E-state index in [1.54, 1.807) is 12.4 Å². The number of amides is 1. The fourth-order valence-corrected chi connectivity index (χ4v) is 3.40. The van der Waals surface area contributed by atoms with E-state index in [0.717, 1.165) is 37.7 Å². The van der Waals surface area contributed by atoms with Crippen LogP contribution in [0, 0.1) is 18.8 Å². The van der Waals surface area contributed by atoms with Gasteiger partial charge < -0.3 is 4.90 Å². The summed E-state index contributed by atoms with van der Waals surface area (Å²) in [6.07, 6.45) is 7.08. The smallest absolute Gasteiger partial charge is 0.274 e. The van der Waals surface area contributed by atoms with Crippen molar-refractivity contribution in [3.8, 4) is 0 Å². The van der Waals surface area contributed by atoms with Crippen molar-refractivity contribution >= 4 is 5.91 Å². The van der Waals surface area contributed by atoms with Gasteiger partial charge in [-0.1, -0.05) is 13.8 Å². The van der Waals surface area contributed by atoms with Crippen molar-refractivity contribution in [1.82, 2.24) is 19.8 Å². The highest BCUT2D eigenvalue weighted by Crippen LogP contribution is 2.32. The van der Waals surface area contributed by atoms with E-state index in [1.165, 1.54) is 19.4 Å². The molecule has 126 valence electrons. The minimum Gasteiger partial charge on any atom is -0.336 e. The highest BCUT2D eigenvalue weighted by atomic mass is 16.2. The van der Waals surface area contributed by atoms with Gasteiger partial charge in [0.15, 0.2) is 0 Å². The molecule has 0 unspecified atom stereocenters. The highest BCUT2D eigenvalue weighted by Gasteiger charge is 2.33. The van der Waals surface area contributed by atoms with E-state index in [2.05, 4.69) is 28.7 Å². The molecule has 1 aliphatic heterocycles. The Morgan fingerprint density at radius 2 is 2.04 bits per heavy atom. The van der Waals surface area contributed by atoms with Crippen molar-refractivity contribution in [2.45, 2.75) is 46.1 Å². The van der Waals surface area contributed by atoms with Crippen LogP contribution in [-0.4, -0.2) is 57.9 Å². The van der Waals surface area contributed by atoms with E-state index in [-0.39, 0.29) is 5.91 Å². The van der Waals surface area contributed by atoms with Crippen LogP contribution in [0.3, 0.4) is 0 Å². The molecule has 5 heteroatoms. The fourth-order valence-electron chi connectivity index (χ4n) is 3.40. The minimum absolute atomic E-state index is 0.0245. The summed E-state index contributed by atoms with van der Waals surface area (Å²) in [5, 5.41) is 0. The summed E-state index contributed by atoms with van der Waals surface area (Å²) in [4.78, 5) is 25.9. The first kappa shape index (κ1) is 16.4. The number of nitrogens with zero attached hydrogens (tertiary/aromatic N) is 4. The summed E-state index contributed by atoms with van der Waals surface area (Å²) in [6.45, 7) is 10.3. The summed E-state index contributed by atoms with van der Waals surface area (Å²) in [5.74, 6) is 1.46. The predicted octanol–water partition coefficient (Wildman–Crippen LogP) is 2.37. The van der Waals surface area contributed by atoms with E-state index in [0.29, 0.717) is 17.7 Å². The van der Waals surface area contributed by atoms with Crippen LogP contribution < -0.4 is 0 Å². The molecule has 1 saturated heterocycles. The SMILES string of the molecule is Cc1cnc(C(=O)N2CCCN(CC3CC3)[C@H](C(C)C)C2)cn1. The number of rotatable bonds is 4. The number of carbonyl (C=O) groups excluding carboxylic acids is 1. The van der Waals surface area contributed by atoms with Crippen molar-refractivity contribution in [2.75, 3.05) is 26.2 Å². The molecule has 1 aromatic heterocycles. The molecule has 0 N–H and O–H groups in total. The maximum Gasteiger partial charge on any atom is 0.274 e. The molecule has 1 atom stereocenters. The third-order valence-corrected chi connectivity index (χ3v) is 5.00. The van der Waals surface area contributed by atoms with Gasteiger partial charge in [-0.3, -0.25) is 14.7 Å². The summed E-state index contributed by atoms with van der Waals surface area (Å²) in [6, 6.07) is 0.445. The monoisotopic (exact) mass is 316 g/mol. The lowest BCUT2D eigenvalue weighted by atomic mass is 10.0. The second-order valence-corrected chi connectivity index (χ2v) is 7.40. The van der Waals surface area contributed by atoms with E-state index >= 15 is 0 Å². The van der Waals surface area contributed by atoms with Crippen LogP contribution in [0.15, 0.2) is 12.4 Å². The zero-order chi connectivity index (χ0) is 16.4. The highest BCUT2D eigenvalue weighted by molar-refractivity contribution is 5.92. The van der Waals surface area contributed by atoms with Gasteiger partial charge in [-0.2, -0.15) is 0 Å². The average Bonchev–Trinajstić information content (AvgIpc) is 3.34. The maximum atomic E-state index is 12.8. The first-order valence-corrected chi connectivity index (χ1v) is 8.86. The van der Waals surface area contributed by atoms with Gasteiger partial charge in [0.05, 0.1) is 11.9 Å². The Labute approximate surface area is 139 Å². The van der Waals surface area contributed by atoms with Crippen LogP contribution in [0.5, 0.6) is 0 Å². The Bertz CT molecular complexity index is 538. The maximum absolute atomic E-state index is 12.8. The van der Waals surface area contributed by atoms with Crippen molar-refractivity contribution in [3.05, 3.63) is 23.8 Å². The molecule has 2 fully saturated rings. The molecule has 0 spiro atoms. The van der Waals surface area contributed by atoms with Crippen molar-refractivity contribution in [1.29, 1.82) is 0 Å². The van der Waals surface area contributed by atoms with Gasteiger partial charge in [-0.25, -0.2) is 4.98 Å². The van der Waals surface area contributed by atoms with Gasteiger partial charge in [-0.05, 0) is 38.0 Å². The summed E-state index contributed by atoms with van der Waals surface area (Å²) >= 11 is 0. The predicted molar refractivity (Wildman–Crippen MR) is 90.2 cm³/mol. The first-order chi connectivity index (χ1) is 11.0. The van der Waals surface area contributed by atoms with Gasteiger partial charge >= 0.3 is 0 Å². The van der Waals surface area contributed by atoms with E-state index < -0.39 is 0 Å². The van der Waals surface area contributed by atoms with Crippen LogP contribution in [0.1, 0.15) is 49.3 Å². The third-order valence-electron chi connectivity index (χ3n) is 5.00. The van der Waals surface area contributed by atoms with Crippen molar-refractivity contribution < 1.29 is 4.79 Å². The summed E-state index contributed by atoms with van der Waals surface area (Å²) in [5.41, 5.74) is 1.31. The molecule has 2 aliphatic rings. The minimum atomic E-state index is 0.0245. The first-order valence-electron chi connectivity index (χ1n) is 8.86. The second-order valence-electron chi connectivity index (χ2n) is 7.40. The Morgan fingerprint density at radius 1 is 1.26 bits per heavy atom. The lowest BCUT2D eigenvalue weighted by Gasteiger charge is -2.34. The van der Waals surface area contributed by atoms with Crippen LogP contribution in [0.4, 0.5) is 0 Å². The van der Waals surface area contributed by atoms with Crippen molar-refractivity contribution in [2.24, 2.45) is 11.8 Å². The van der Waals surface area contributed by atoms with Gasteiger partial charge in [0, 0.05) is 38.4 Å². The molecule has 1 amide bonds. The third kappa shape index (κ3) is 4.08. The Kier molecular flexibility index (Phi) is 4.95. The number of hydrogen-bond acceptors (Lipinski definition) is 4. The standard InChI is InChI=1S/C18H28N4O/c1-13(2)17-12-22(8-4-7-21(17)11-15-5-6-15)18(23)16-10-19-14(3)9-20-16/h9-10,13,15,17H,4-8,11-12H2,1-3H3/t17-/m0/s1. The van der Waals surface area contributed by atoms with Gasteiger partial charge in [-0.15, -0.1) is 0 Å². The molecule has 0 bridgehead atoms. The molecule has 1 aliphatic carbocycles. The Morgan fingerprint density at radius 3 is 2.65 bits per heavy atom. The lowest BCUT2D eigenvalue weighted by Crippen LogP contribution is -2.46. The lowest BCUT2D eigenvalue weighted by molar-refractivity contribution is 0.0698. The van der Waals surface area contributed by atoms with Gasteiger partial charge in [0.25, 0.3) is 5.91 Å². The average molecular weight is 316 g/mol. The van der Waals surface area contributed by atoms with Crippen LogP contribution >= 0.6 is 0 Å². The molecule has 3 rings (SSSR count). The molecule has 0 aromatic carbocycles. The molecule has 23 heavy (non-hydrogen) atoms. The largest absolute Gasteiger partial charge is 0.336 e. The van der Waals surface area contributed by atoms with E-state index in [9.17, 15) is 4.79 Å². The number of aryl methyl sites for hydroxylation is 1. The molecule has 5 nitrogen and oxygen atoms in total. The van der Waals surface area contributed by atoms with Crippen LogP contribution in [0.2, 0.25) is 0 Å². The Hall–Kier alpha value is -1.49.